The summed E-state index contributed by atoms with van der Waals surface area (Å²) in [4.78, 5) is 0. The number of rotatable bonds is 17. The zero-order valence-electron chi connectivity index (χ0n) is 27.6. The smallest absolute Gasteiger partial charge is 0.0141 e. The van der Waals surface area contributed by atoms with E-state index in [0.29, 0.717) is 17.8 Å². The lowest BCUT2D eigenvalue weighted by Gasteiger charge is -2.21. The van der Waals surface area contributed by atoms with Gasteiger partial charge in [0.1, 0.15) is 0 Å². The lowest BCUT2D eigenvalue weighted by atomic mass is 9.85. The first kappa shape index (κ1) is 38.2. The zero-order valence-corrected chi connectivity index (χ0v) is 27.6. The molecule has 2 N–H and O–H groups in total. The predicted octanol–water partition coefficient (Wildman–Crippen LogP) is 10.9. The van der Waals surface area contributed by atoms with Gasteiger partial charge in [0.15, 0.2) is 0 Å². The van der Waals surface area contributed by atoms with Crippen molar-refractivity contribution in [1.82, 2.24) is 10.6 Å². The van der Waals surface area contributed by atoms with Crippen molar-refractivity contribution < 1.29 is 0 Å². The highest BCUT2D eigenvalue weighted by atomic mass is 14.9. The second kappa shape index (κ2) is 26.1. The van der Waals surface area contributed by atoms with Crippen LogP contribution in [0, 0.1) is 11.8 Å². The van der Waals surface area contributed by atoms with E-state index in [0.717, 1.165) is 38.0 Å². The van der Waals surface area contributed by atoms with Crippen LogP contribution in [0.25, 0.3) is 0 Å². The van der Waals surface area contributed by atoms with Gasteiger partial charge in [0.2, 0.25) is 0 Å². The van der Waals surface area contributed by atoms with Crippen molar-refractivity contribution in [3.8, 4) is 0 Å². The minimum atomic E-state index is 0.310. The van der Waals surface area contributed by atoms with Crippen molar-refractivity contribution in [3.05, 3.63) is 121 Å². The summed E-state index contributed by atoms with van der Waals surface area (Å²) in [5.41, 5.74) is 5.19. The molecule has 0 fully saturated rings. The van der Waals surface area contributed by atoms with Crippen LogP contribution in [0.5, 0.6) is 0 Å². The summed E-state index contributed by atoms with van der Waals surface area (Å²) in [6, 6.07) is 21.9. The van der Waals surface area contributed by atoms with Crippen LogP contribution in [0.4, 0.5) is 0 Å². The maximum Gasteiger partial charge on any atom is 0.0141 e. The molecule has 0 saturated carbocycles. The molecule has 0 aliphatic heterocycles. The molecule has 0 aromatic heterocycles. The fraction of sp³-hybridized carbons (Fsp3) is 0.487. The quantitative estimate of drug-likeness (QED) is 0.189. The summed E-state index contributed by atoms with van der Waals surface area (Å²) in [5, 5.41) is 6.80. The van der Waals surface area contributed by atoms with E-state index in [2.05, 4.69) is 151 Å². The van der Waals surface area contributed by atoms with Gasteiger partial charge in [-0.15, -0.1) is 0 Å². The third kappa shape index (κ3) is 18.3. The Hall–Kier alpha value is -2.84. The third-order valence-electron chi connectivity index (χ3n) is 6.65. The molecule has 2 unspecified atom stereocenters. The molecule has 2 aromatic carbocycles. The first-order valence-corrected chi connectivity index (χ1v) is 16.1. The van der Waals surface area contributed by atoms with Gasteiger partial charge in [0.25, 0.3) is 0 Å². The van der Waals surface area contributed by atoms with Gasteiger partial charge in [0, 0.05) is 24.1 Å². The van der Waals surface area contributed by atoms with E-state index >= 15 is 0 Å². The van der Waals surface area contributed by atoms with Gasteiger partial charge < -0.3 is 10.6 Å². The highest BCUT2D eigenvalue weighted by molar-refractivity contribution is 5.32. The fourth-order valence-electron chi connectivity index (χ4n) is 4.53. The molecule has 0 heterocycles. The largest absolute Gasteiger partial charge is 0.388 e. The van der Waals surface area contributed by atoms with Gasteiger partial charge in [-0.05, 0) is 61.9 Å². The molecule has 0 amide bonds. The van der Waals surface area contributed by atoms with Gasteiger partial charge >= 0.3 is 0 Å². The zero-order chi connectivity index (χ0) is 30.7. The molecule has 2 nitrogen and oxygen atoms in total. The van der Waals surface area contributed by atoms with E-state index in [4.69, 9.17) is 0 Å². The average Bonchev–Trinajstić information content (AvgIpc) is 2.99. The van der Waals surface area contributed by atoms with E-state index in [1.165, 1.54) is 42.4 Å². The van der Waals surface area contributed by atoms with E-state index in [1.54, 1.807) is 0 Å². The SMILES string of the molecule is C=C/C(=C\C=C/C(C)C(=C)NCCC)CC(CCCC(c1ccccc1)c1ccccc1)CNC.CCC.CCC. The number of hydrogen-bond donors (Lipinski definition) is 2. The molecule has 0 radical (unpaired) electrons. The summed E-state index contributed by atoms with van der Waals surface area (Å²) >= 11 is 0. The van der Waals surface area contributed by atoms with Crippen LogP contribution in [0.2, 0.25) is 0 Å². The summed E-state index contributed by atoms with van der Waals surface area (Å²) in [6.07, 6.45) is 16.8. The van der Waals surface area contributed by atoms with Crippen LogP contribution in [0.15, 0.2) is 109 Å². The molecule has 0 spiro atoms. The second-order valence-corrected chi connectivity index (χ2v) is 10.9. The average molecular weight is 559 g/mol. The number of nitrogens with one attached hydrogen (secondary N) is 2. The van der Waals surface area contributed by atoms with Crippen LogP contribution >= 0.6 is 0 Å². The van der Waals surface area contributed by atoms with Crippen LogP contribution in [0.1, 0.15) is 104 Å². The Labute approximate surface area is 255 Å². The topological polar surface area (TPSA) is 24.1 Å². The molecule has 2 rings (SSSR count). The Bertz CT molecular complexity index is 901. The predicted molar refractivity (Wildman–Crippen MR) is 187 cm³/mol. The van der Waals surface area contributed by atoms with Crippen molar-refractivity contribution in [2.24, 2.45) is 11.8 Å². The van der Waals surface area contributed by atoms with Gasteiger partial charge in [-0.2, -0.15) is 0 Å². The van der Waals surface area contributed by atoms with Gasteiger partial charge in [-0.3, -0.25) is 0 Å². The van der Waals surface area contributed by atoms with Crippen molar-refractivity contribution in [1.29, 1.82) is 0 Å². The Morgan fingerprint density at radius 2 is 1.39 bits per heavy atom. The summed E-state index contributed by atoms with van der Waals surface area (Å²) in [6.45, 7) is 23.1. The molecule has 228 valence electrons. The Kier molecular flexibility index (Phi) is 24.3. The minimum Gasteiger partial charge on any atom is -0.388 e. The van der Waals surface area contributed by atoms with E-state index in [-0.39, 0.29) is 0 Å². The van der Waals surface area contributed by atoms with Crippen LogP contribution < -0.4 is 10.6 Å². The fourth-order valence-corrected chi connectivity index (χ4v) is 4.53. The maximum atomic E-state index is 4.16. The minimum absolute atomic E-state index is 0.310. The molecule has 41 heavy (non-hydrogen) atoms. The van der Waals surface area contributed by atoms with Crippen molar-refractivity contribution in [3.63, 3.8) is 0 Å². The molecule has 2 heteroatoms. The second-order valence-electron chi connectivity index (χ2n) is 10.9. The van der Waals surface area contributed by atoms with Crippen LogP contribution in [-0.2, 0) is 0 Å². The van der Waals surface area contributed by atoms with Gasteiger partial charge in [-0.1, -0.05) is 159 Å². The third-order valence-corrected chi connectivity index (χ3v) is 6.65. The molecule has 0 bridgehead atoms. The van der Waals surface area contributed by atoms with E-state index < -0.39 is 0 Å². The highest BCUT2D eigenvalue weighted by Gasteiger charge is 2.16. The lowest BCUT2D eigenvalue weighted by Crippen LogP contribution is -2.19. The molecule has 2 atom stereocenters. The summed E-state index contributed by atoms with van der Waals surface area (Å²) in [5.74, 6) is 1.34. The number of benzene rings is 2. The van der Waals surface area contributed by atoms with Crippen molar-refractivity contribution in [2.75, 3.05) is 20.1 Å². The molecule has 2 aromatic rings. The van der Waals surface area contributed by atoms with Crippen LogP contribution in [-0.4, -0.2) is 20.1 Å². The Balaban J connectivity index is 0.00000244. The van der Waals surface area contributed by atoms with E-state index in [1.807, 2.05) is 6.08 Å². The maximum absolute atomic E-state index is 4.16. The standard InChI is InChI=1S/C33H46N2.2C3H8/c1-6-24-35-28(4)27(3)16-14-17-29(7-2)25-30(26-34-5)18-15-23-33(31-19-10-8-11-20-31)32-21-12-9-13-22-32;2*1-3-2/h7-14,16-17,19-22,27,30,33-35H,2,4,6,15,18,23-26H2,1,3,5H3;2*3H2,1-2H3/b16-14-,29-17+;;. The van der Waals surface area contributed by atoms with Crippen molar-refractivity contribution >= 4 is 0 Å². The Morgan fingerprint density at radius 3 is 1.85 bits per heavy atom. The summed E-state index contributed by atoms with van der Waals surface area (Å²) in [7, 11) is 2.05. The van der Waals surface area contributed by atoms with Gasteiger partial charge in [0.05, 0.1) is 0 Å². The molecular weight excluding hydrogens is 496 g/mol. The highest BCUT2D eigenvalue weighted by Crippen LogP contribution is 2.31. The van der Waals surface area contributed by atoms with E-state index in [9.17, 15) is 0 Å². The van der Waals surface area contributed by atoms with Gasteiger partial charge in [-0.25, -0.2) is 0 Å². The number of hydrogen-bond acceptors (Lipinski definition) is 2. The monoisotopic (exact) mass is 558 g/mol. The summed E-state index contributed by atoms with van der Waals surface area (Å²) < 4.78 is 0. The number of allylic oxidation sites excluding steroid dienone is 5. The Morgan fingerprint density at radius 1 is 0.854 bits per heavy atom. The molecule has 0 aliphatic carbocycles. The van der Waals surface area contributed by atoms with Crippen LogP contribution in [0.3, 0.4) is 0 Å². The first-order valence-electron chi connectivity index (χ1n) is 16.1. The lowest BCUT2D eigenvalue weighted by molar-refractivity contribution is 0.434. The molecular formula is C39H62N2. The molecule has 0 saturated heterocycles. The first-order chi connectivity index (χ1) is 19.9. The normalized spacial score (nSPS) is 12.5. The molecule has 0 aliphatic rings. The van der Waals surface area contributed by atoms with Crippen molar-refractivity contribution in [2.45, 2.75) is 92.4 Å².